The summed E-state index contributed by atoms with van der Waals surface area (Å²) in [7, 11) is 5.57. The van der Waals surface area contributed by atoms with Gasteiger partial charge in [0.2, 0.25) is 0 Å². The van der Waals surface area contributed by atoms with Gasteiger partial charge in [-0.25, -0.2) is 0 Å². The Morgan fingerprint density at radius 2 is 1.37 bits per heavy atom. The minimum atomic E-state index is 0. The summed E-state index contributed by atoms with van der Waals surface area (Å²) in [5.74, 6) is 0. The van der Waals surface area contributed by atoms with Gasteiger partial charge in [0.15, 0.2) is 0 Å². The largest absolute Gasteiger partial charge is 2.00 e. The van der Waals surface area contributed by atoms with E-state index < -0.39 is 0 Å². The summed E-state index contributed by atoms with van der Waals surface area (Å²) in [6, 6.07) is 21.6. The summed E-state index contributed by atoms with van der Waals surface area (Å²) < 4.78 is 0. The fraction of sp³-hybridized carbons (Fsp3) is 0.238. The Morgan fingerprint density at radius 3 is 1.48 bits per heavy atom. The topological polar surface area (TPSA) is 27.0 Å². The minimum absolute atomic E-state index is 0. The monoisotopic (exact) mass is 876 g/mol. The zero-order valence-electron chi connectivity index (χ0n) is 17.6. The average molecular weight is 876 g/mol. The van der Waals surface area contributed by atoms with E-state index in [4.69, 9.17) is 5.73 Å². The van der Waals surface area contributed by atoms with E-state index in [9.17, 15) is 0 Å². The molecule has 1 N–H and O–H groups in total. The molecular weight excluding hydrogens is 842 g/mol. The van der Waals surface area contributed by atoms with Crippen molar-refractivity contribution in [2.75, 3.05) is 13.6 Å². The third-order valence-electron chi connectivity index (χ3n) is 1.88. The summed E-state index contributed by atoms with van der Waals surface area (Å²) in [6.45, 7) is 6.99. The first kappa shape index (κ1) is 51.4. The number of nitrogens with zero attached hydrogens (tertiary/aromatic N) is 1. The van der Waals surface area contributed by atoms with Crippen LogP contribution in [0.1, 0.15) is 20.8 Å². The van der Waals surface area contributed by atoms with Crippen LogP contribution in [0.3, 0.4) is 0 Å². The van der Waals surface area contributed by atoms with Crippen LogP contribution in [-0.4, -0.2) is 18.5 Å². The number of benzene rings is 2. The van der Waals surface area contributed by atoms with Gasteiger partial charge in [-0.05, 0) is 7.05 Å². The normalized spacial score (nSPS) is 6.44. The van der Waals surface area contributed by atoms with Crippen LogP contribution < -0.4 is 0 Å². The van der Waals surface area contributed by atoms with Crippen molar-refractivity contribution >= 4 is 5.69 Å². The Labute approximate surface area is 246 Å². The van der Waals surface area contributed by atoms with Crippen LogP contribution in [-0.2, 0) is 72.3 Å². The summed E-state index contributed by atoms with van der Waals surface area (Å²) in [4.78, 5) is 1.88. The number of rotatable bonds is 2. The molecule has 2 nitrogen and oxygen atoms in total. The molecule has 0 unspecified atom stereocenters. The summed E-state index contributed by atoms with van der Waals surface area (Å²) >= 11 is 0. The van der Waals surface area contributed by atoms with Crippen molar-refractivity contribution in [2.24, 2.45) is 0 Å². The molecule has 6 heteroatoms. The van der Waals surface area contributed by atoms with Crippen LogP contribution in [0.15, 0.2) is 60.7 Å². The van der Waals surface area contributed by atoms with Gasteiger partial charge in [-0.2, -0.15) is 49.9 Å². The predicted octanol–water partition coefficient (Wildman–Crippen LogP) is 6.71. The van der Waals surface area contributed by atoms with E-state index in [-0.39, 0.29) is 118 Å². The van der Waals surface area contributed by atoms with E-state index in [0.717, 1.165) is 6.54 Å². The third kappa shape index (κ3) is 52.3. The van der Waals surface area contributed by atoms with Gasteiger partial charge in [0.05, 0.1) is 0 Å². The first-order valence-corrected chi connectivity index (χ1v) is 7.14. The van der Waals surface area contributed by atoms with Crippen molar-refractivity contribution in [1.82, 2.24) is 4.90 Å². The fourth-order valence-electron chi connectivity index (χ4n) is 1.09. The molecule has 0 spiro atoms. The Hall–Kier alpha value is 1.63. The number of hydrogen-bond donors (Lipinski definition) is 0. The second kappa shape index (κ2) is 46.0. The van der Waals surface area contributed by atoms with Gasteiger partial charge in [-0.1, -0.05) is 44.2 Å². The molecule has 0 amide bonds. The van der Waals surface area contributed by atoms with Crippen LogP contribution in [0.25, 0.3) is 5.73 Å². The Balaban J connectivity index is -0.0000000289. The molecule has 2 aromatic carbocycles. The molecule has 0 aliphatic carbocycles. The maximum Gasteiger partial charge on any atom is 2.00 e. The van der Waals surface area contributed by atoms with Crippen molar-refractivity contribution in [1.29, 1.82) is 0 Å². The smallest absolute Gasteiger partial charge is 0.699 e. The van der Waals surface area contributed by atoms with Crippen molar-refractivity contribution in [2.45, 2.75) is 20.8 Å². The summed E-state index contributed by atoms with van der Waals surface area (Å²) in [5.41, 5.74) is 7.57. The van der Waals surface area contributed by atoms with E-state index >= 15 is 0 Å². The van der Waals surface area contributed by atoms with Crippen LogP contribution in [0.5, 0.6) is 0 Å². The Morgan fingerprint density at radius 1 is 1.00 bits per heavy atom. The van der Waals surface area contributed by atoms with Gasteiger partial charge in [0.25, 0.3) is 0 Å². The van der Waals surface area contributed by atoms with Gasteiger partial charge >= 0.3 is 21.1 Å². The molecule has 150 valence electrons. The molecule has 2 radical (unpaired) electrons. The molecule has 0 fully saturated rings. The molecule has 0 bridgehead atoms. The maximum atomic E-state index is 7.00. The van der Waals surface area contributed by atoms with Crippen molar-refractivity contribution in [3.05, 3.63) is 101 Å². The zero-order valence-corrected chi connectivity index (χ0v) is 29.0. The van der Waals surface area contributed by atoms with E-state index in [2.05, 4.69) is 19.5 Å². The van der Waals surface area contributed by atoms with Crippen LogP contribution in [0.4, 0.5) is 5.69 Å². The predicted molar refractivity (Wildman–Crippen MR) is 108 cm³/mol. The van der Waals surface area contributed by atoms with Crippen LogP contribution in [0, 0.1) is 65.5 Å². The quantitative estimate of drug-likeness (QED) is 0.309. The number of nitrogens with one attached hydrogen (secondary N) is 1. The van der Waals surface area contributed by atoms with Gasteiger partial charge in [-0.3, -0.25) is 7.05 Å². The molecule has 0 aromatic heterocycles. The molecule has 0 atom stereocenters. The molecule has 0 saturated heterocycles. The van der Waals surface area contributed by atoms with Gasteiger partial charge in [-0.15, -0.1) is 5.69 Å². The minimum Gasteiger partial charge on any atom is -0.699 e. The molecule has 0 heterocycles. The SMILES string of the molecule is CC.[CH2-]N(C)C[CH-]C.[CH3-].[CH3-].[NH-]c1ccccc1.[U].[V].[W+2].[Y].[c-]1ccccc1. The molecule has 0 aliphatic heterocycles. The molecule has 27 heavy (non-hydrogen) atoms. The maximum absolute atomic E-state index is 7.00. The fourth-order valence-corrected chi connectivity index (χ4v) is 1.09. The van der Waals surface area contributed by atoms with E-state index in [0.29, 0.717) is 5.69 Å². The van der Waals surface area contributed by atoms with E-state index in [1.807, 2.05) is 81.2 Å². The third-order valence-corrected chi connectivity index (χ3v) is 1.88. The average Bonchev–Trinajstić information content (AvgIpc) is 2.53. The second-order valence-corrected chi connectivity index (χ2v) is 3.89. The molecule has 2 rings (SSSR count). The van der Waals surface area contributed by atoms with Gasteiger partial charge < -0.3 is 31.9 Å². The summed E-state index contributed by atoms with van der Waals surface area (Å²) in [5, 5.41) is 0. The Kier molecular flexibility index (Phi) is 87.6. The van der Waals surface area contributed by atoms with Gasteiger partial charge in [0.1, 0.15) is 0 Å². The molecule has 2 aromatic rings. The van der Waals surface area contributed by atoms with E-state index in [1.165, 1.54) is 0 Å². The number of hydrogen-bond acceptors (Lipinski definition) is 1. The standard InChI is InChI=1S/C6H6N.C6H5.C5H11N.C2H6.2CH3.U.V.W.Y/c7-6-4-2-1-3-5-6;1-2-4-6-5-3-1;1-4-5-6(2)3;1-2;;;;;;/h1-5,7H;1-5H;4H,2,5H2,1,3H3;1-2H3;2*1H3;;;;/q2*-1;-2;;2*-1;;;+2;. The van der Waals surface area contributed by atoms with Crippen molar-refractivity contribution in [3.63, 3.8) is 0 Å². The van der Waals surface area contributed by atoms with Crippen LogP contribution in [0.2, 0.25) is 0 Å². The van der Waals surface area contributed by atoms with Crippen LogP contribution >= 0.6 is 0 Å². The van der Waals surface area contributed by atoms with Crippen molar-refractivity contribution in [3.8, 4) is 0 Å². The Bertz CT molecular complexity index is 369. The zero-order chi connectivity index (χ0) is 16.3. The summed E-state index contributed by atoms with van der Waals surface area (Å²) in [6.07, 6.45) is 2.06. The molecular formula is C21H34N2UVWY-4. The molecule has 0 saturated carbocycles. The molecule has 0 aliphatic rings. The van der Waals surface area contributed by atoms with E-state index in [1.54, 1.807) is 12.1 Å². The first-order valence-electron chi connectivity index (χ1n) is 7.14. The first-order chi connectivity index (χ1) is 10.2. The second-order valence-electron chi connectivity index (χ2n) is 3.89. The van der Waals surface area contributed by atoms with Gasteiger partial charge in [0, 0.05) is 82.4 Å². The van der Waals surface area contributed by atoms with Crippen molar-refractivity contribution < 1.29 is 103 Å².